The first-order valence-electron chi connectivity index (χ1n) is 6.20. The number of anilines is 1. The molecule has 1 heterocycles. The van der Waals surface area contributed by atoms with Gasteiger partial charge in [-0.05, 0) is 40.2 Å². The van der Waals surface area contributed by atoms with Crippen LogP contribution in [0.1, 0.15) is 41.6 Å². The van der Waals surface area contributed by atoms with Crippen LogP contribution >= 0.6 is 11.3 Å². The van der Waals surface area contributed by atoms with Gasteiger partial charge in [-0.1, -0.05) is 0 Å². The monoisotopic (exact) mass is 284 g/mol. The normalized spacial score (nSPS) is 10.6. The quantitative estimate of drug-likeness (QED) is 0.891. The van der Waals surface area contributed by atoms with Gasteiger partial charge < -0.3 is 10.0 Å². The molecule has 0 aliphatic rings. The minimum absolute atomic E-state index is 0.0698. The Morgan fingerprint density at radius 3 is 2.37 bits per heavy atom. The molecule has 2 amide bonds. The molecule has 1 aromatic rings. The number of thiophene rings is 1. The van der Waals surface area contributed by atoms with Crippen molar-refractivity contribution in [2.75, 3.05) is 11.9 Å². The lowest BCUT2D eigenvalue weighted by atomic mass is 10.1. The molecule has 0 unspecified atom stereocenters. The number of amides is 2. The average Bonchev–Trinajstić information content (AvgIpc) is 2.54. The standard InChI is InChI=1S/C13H20N2O3S/c1-6-15(7(2)3)13(18)14-11-10(12(16)17)8(4)9(5)19-11/h7H,6H2,1-5H3,(H,14,18)(H,16,17). The summed E-state index contributed by atoms with van der Waals surface area (Å²) in [6.07, 6.45) is 0. The summed E-state index contributed by atoms with van der Waals surface area (Å²) >= 11 is 1.30. The Balaban J connectivity index is 3.03. The number of aromatic carboxylic acids is 1. The zero-order valence-electron chi connectivity index (χ0n) is 11.9. The summed E-state index contributed by atoms with van der Waals surface area (Å²) in [5.74, 6) is -1.01. The Morgan fingerprint density at radius 2 is 1.95 bits per heavy atom. The first-order chi connectivity index (χ1) is 8.79. The number of carbonyl (C=O) groups is 2. The van der Waals surface area contributed by atoms with Gasteiger partial charge in [0.1, 0.15) is 5.00 Å². The maximum absolute atomic E-state index is 12.1. The molecule has 0 spiro atoms. The summed E-state index contributed by atoms with van der Waals surface area (Å²) in [4.78, 5) is 25.9. The molecule has 1 rings (SSSR count). The number of carboxylic acids is 1. The number of hydrogen-bond acceptors (Lipinski definition) is 3. The van der Waals surface area contributed by atoms with Crippen molar-refractivity contribution in [1.82, 2.24) is 4.90 Å². The summed E-state index contributed by atoms with van der Waals surface area (Å²) in [7, 11) is 0. The van der Waals surface area contributed by atoms with Crippen molar-refractivity contribution in [2.24, 2.45) is 0 Å². The SMILES string of the molecule is CCN(C(=O)Nc1sc(C)c(C)c1C(=O)O)C(C)C. The Hall–Kier alpha value is -1.56. The average molecular weight is 284 g/mol. The highest BCUT2D eigenvalue weighted by Gasteiger charge is 2.22. The first kappa shape index (κ1) is 15.5. The van der Waals surface area contributed by atoms with E-state index in [4.69, 9.17) is 0 Å². The highest BCUT2D eigenvalue weighted by molar-refractivity contribution is 7.16. The van der Waals surface area contributed by atoms with E-state index in [1.54, 1.807) is 11.8 Å². The number of rotatable bonds is 4. The third-order valence-electron chi connectivity index (χ3n) is 3.04. The second-order valence-electron chi connectivity index (χ2n) is 4.60. The molecule has 1 aromatic heterocycles. The number of carboxylic acid groups (broad SMARTS) is 1. The Morgan fingerprint density at radius 1 is 1.37 bits per heavy atom. The van der Waals surface area contributed by atoms with E-state index in [0.717, 1.165) is 4.88 Å². The van der Waals surface area contributed by atoms with Crippen molar-refractivity contribution in [2.45, 2.75) is 40.7 Å². The van der Waals surface area contributed by atoms with E-state index < -0.39 is 5.97 Å². The summed E-state index contributed by atoms with van der Waals surface area (Å²) in [5, 5.41) is 12.3. The molecular weight excluding hydrogens is 264 g/mol. The fourth-order valence-corrected chi connectivity index (χ4v) is 2.93. The fraction of sp³-hybridized carbons (Fsp3) is 0.538. The number of nitrogens with one attached hydrogen (secondary N) is 1. The molecule has 0 fully saturated rings. The summed E-state index contributed by atoms with van der Waals surface area (Å²) < 4.78 is 0. The molecule has 5 nitrogen and oxygen atoms in total. The van der Waals surface area contributed by atoms with Crippen molar-refractivity contribution in [3.05, 3.63) is 16.0 Å². The van der Waals surface area contributed by atoms with Crippen LogP contribution in [0.15, 0.2) is 0 Å². The zero-order valence-corrected chi connectivity index (χ0v) is 12.7. The minimum Gasteiger partial charge on any atom is -0.478 e. The molecular formula is C13H20N2O3S. The Labute approximate surface area is 117 Å². The van der Waals surface area contributed by atoms with Crippen molar-refractivity contribution in [1.29, 1.82) is 0 Å². The van der Waals surface area contributed by atoms with Gasteiger partial charge in [-0.25, -0.2) is 9.59 Å². The van der Waals surface area contributed by atoms with Crippen LogP contribution in [0.5, 0.6) is 0 Å². The molecule has 0 aliphatic heterocycles. The predicted molar refractivity (Wildman–Crippen MR) is 77.3 cm³/mol. The van der Waals surface area contributed by atoms with Gasteiger partial charge in [0, 0.05) is 17.5 Å². The van der Waals surface area contributed by atoms with Crippen molar-refractivity contribution in [3.8, 4) is 0 Å². The van der Waals surface area contributed by atoms with Crippen LogP contribution in [0.2, 0.25) is 0 Å². The van der Waals surface area contributed by atoms with Gasteiger partial charge in [-0.3, -0.25) is 5.32 Å². The topological polar surface area (TPSA) is 69.6 Å². The van der Waals surface area contributed by atoms with E-state index in [2.05, 4.69) is 5.32 Å². The van der Waals surface area contributed by atoms with Gasteiger partial charge in [0.2, 0.25) is 0 Å². The smallest absolute Gasteiger partial charge is 0.338 e. The van der Waals surface area contributed by atoms with Crippen molar-refractivity contribution < 1.29 is 14.7 Å². The molecule has 0 bridgehead atoms. The van der Waals surface area contributed by atoms with E-state index in [9.17, 15) is 14.7 Å². The molecule has 0 radical (unpaired) electrons. The molecule has 0 aliphatic carbocycles. The van der Waals surface area contributed by atoms with E-state index in [1.807, 2.05) is 27.7 Å². The molecule has 0 atom stereocenters. The lowest BCUT2D eigenvalue weighted by molar-refractivity contribution is 0.0697. The maximum atomic E-state index is 12.1. The summed E-state index contributed by atoms with van der Waals surface area (Å²) in [5.41, 5.74) is 0.899. The summed E-state index contributed by atoms with van der Waals surface area (Å²) in [6.45, 7) is 9.92. The van der Waals surface area contributed by atoms with E-state index in [-0.39, 0.29) is 17.6 Å². The zero-order chi connectivity index (χ0) is 14.7. The Kier molecular flexibility index (Phi) is 4.94. The highest BCUT2D eigenvalue weighted by Crippen LogP contribution is 2.32. The van der Waals surface area contributed by atoms with Gasteiger partial charge in [0.15, 0.2) is 0 Å². The van der Waals surface area contributed by atoms with Crippen LogP contribution in [0.25, 0.3) is 0 Å². The van der Waals surface area contributed by atoms with Crippen molar-refractivity contribution >= 4 is 28.3 Å². The van der Waals surface area contributed by atoms with Crippen LogP contribution in [-0.2, 0) is 0 Å². The van der Waals surface area contributed by atoms with E-state index in [0.29, 0.717) is 17.1 Å². The predicted octanol–water partition coefficient (Wildman–Crippen LogP) is 3.33. The minimum atomic E-state index is -1.01. The molecule has 106 valence electrons. The van der Waals surface area contributed by atoms with Gasteiger partial charge >= 0.3 is 12.0 Å². The van der Waals surface area contributed by atoms with Gasteiger partial charge in [-0.2, -0.15) is 0 Å². The summed E-state index contributed by atoms with van der Waals surface area (Å²) in [6, 6.07) is -0.193. The van der Waals surface area contributed by atoms with Crippen LogP contribution in [0, 0.1) is 13.8 Å². The second kappa shape index (κ2) is 6.06. The van der Waals surface area contributed by atoms with Crippen LogP contribution in [-0.4, -0.2) is 34.6 Å². The molecule has 0 saturated heterocycles. The lowest BCUT2D eigenvalue weighted by Gasteiger charge is -2.25. The van der Waals surface area contributed by atoms with Crippen molar-refractivity contribution in [3.63, 3.8) is 0 Å². The molecule has 0 saturated carbocycles. The second-order valence-corrected chi connectivity index (χ2v) is 5.83. The lowest BCUT2D eigenvalue weighted by Crippen LogP contribution is -2.39. The van der Waals surface area contributed by atoms with Crippen LogP contribution < -0.4 is 5.32 Å². The van der Waals surface area contributed by atoms with Crippen LogP contribution in [0.3, 0.4) is 0 Å². The third-order valence-corrected chi connectivity index (χ3v) is 4.17. The molecule has 6 heteroatoms. The third kappa shape index (κ3) is 3.26. The number of carbonyl (C=O) groups excluding carboxylic acids is 1. The van der Waals surface area contributed by atoms with E-state index in [1.165, 1.54) is 11.3 Å². The van der Waals surface area contributed by atoms with Gasteiger partial charge in [0.25, 0.3) is 0 Å². The largest absolute Gasteiger partial charge is 0.478 e. The maximum Gasteiger partial charge on any atom is 0.338 e. The number of aryl methyl sites for hydroxylation is 1. The number of nitrogens with zero attached hydrogens (tertiary/aromatic N) is 1. The molecule has 0 aromatic carbocycles. The van der Waals surface area contributed by atoms with E-state index >= 15 is 0 Å². The van der Waals surface area contributed by atoms with Gasteiger partial charge in [0.05, 0.1) is 5.56 Å². The van der Waals surface area contributed by atoms with Gasteiger partial charge in [-0.15, -0.1) is 11.3 Å². The van der Waals surface area contributed by atoms with Crippen LogP contribution in [0.4, 0.5) is 9.80 Å². The fourth-order valence-electron chi connectivity index (χ4n) is 1.88. The molecule has 2 N–H and O–H groups in total. The Bertz CT molecular complexity index is 494. The highest BCUT2D eigenvalue weighted by atomic mass is 32.1. The number of urea groups is 1. The first-order valence-corrected chi connectivity index (χ1v) is 7.02. The number of hydrogen-bond donors (Lipinski definition) is 2. The molecule has 19 heavy (non-hydrogen) atoms.